The Hall–Kier alpha value is -2.47. The van der Waals surface area contributed by atoms with Crippen molar-refractivity contribution in [3.63, 3.8) is 0 Å². The van der Waals surface area contributed by atoms with Gasteiger partial charge < -0.3 is 4.74 Å². The number of carbonyl (C=O) groups is 1. The highest BCUT2D eigenvalue weighted by Gasteiger charge is 2.13. The van der Waals surface area contributed by atoms with Gasteiger partial charge in [0.15, 0.2) is 0 Å². The fourth-order valence-corrected chi connectivity index (χ4v) is 2.98. The molecule has 6 heteroatoms. The van der Waals surface area contributed by atoms with Crippen LogP contribution in [0.15, 0.2) is 51.7 Å². The average molecular weight is 401 g/mol. The Kier molecular flexibility index (Phi) is 4.99. The van der Waals surface area contributed by atoms with Gasteiger partial charge in [-0.15, -0.1) is 0 Å². The van der Waals surface area contributed by atoms with Gasteiger partial charge in [-0.05, 0) is 49.7 Å². The third kappa shape index (κ3) is 3.49. The molecule has 3 aromatic rings. The lowest BCUT2D eigenvalue weighted by atomic mass is 10.2. The third-order valence-electron chi connectivity index (χ3n) is 3.78. The lowest BCUT2D eigenvalue weighted by Gasteiger charge is -2.12. The Labute approximate surface area is 153 Å². The number of aryl methyl sites for hydroxylation is 1. The van der Waals surface area contributed by atoms with Crippen molar-refractivity contribution >= 4 is 32.8 Å². The van der Waals surface area contributed by atoms with Gasteiger partial charge in [-0.25, -0.2) is 9.78 Å². The molecule has 0 spiro atoms. The first-order valence-electron chi connectivity index (χ1n) is 7.97. The first-order valence-corrected chi connectivity index (χ1v) is 8.77. The molecule has 128 valence electrons. The van der Waals surface area contributed by atoms with Gasteiger partial charge in [0.2, 0.25) is 0 Å². The van der Waals surface area contributed by atoms with Crippen molar-refractivity contribution in [2.45, 2.75) is 20.3 Å². The van der Waals surface area contributed by atoms with E-state index in [0.717, 1.165) is 10.9 Å². The predicted molar refractivity (Wildman–Crippen MR) is 100 cm³/mol. The number of benzene rings is 2. The SMILES string of the molecule is CCCOC(=O)c1cccc(-n2c(C)nc3ccc(Br)cc3c2=O)c1. The van der Waals surface area contributed by atoms with Gasteiger partial charge in [0, 0.05) is 4.47 Å². The summed E-state index contributed by atoms with van der Waals surface area (Å²) in [6, 6.07) is 12.2. The minimum absolute atomic E-state index is 0.178. The molecule has 0 saturated carbocycles. The first kappa shape index (κ1) is 17.4. The number of nitrogens with zero attached hydrogens (tertiary/aromatic N) is 2. The number of hydrogen-bond donors (Lipinski definition) is 0. The van der Waals surface area contributed by atoms with E-state index in [1.54, 1.807) is 43.3 Å². The summed E-state index contributed by atoms with van der Waals surface area (Å²) in [6.07, 6.45) is 0.757. The maximum atomic E-state index is 12.9. The lowest BCUT2D eigenvalue weighted by Crippen LogP contribution is -2.22. The van der Waals surface area contributed by atoms with Crippen LogP contribution in [0.4, 0.5) is 0 Å². The molecule has 5 nitrogen and oxygen atoms in total. The van der Waals surface area contributed by atoms with E-state index in [1.165, 1.54) is 4.57 Å². The van der Waals surface area contributed by atoms with Gasteiger partial charge in [0.25, 0.3) is 5.56 Å². The molecule has 0 bridgehead atoms. The zero-order valence-corrected chi connectivity index (χ0v) is 15.5. The van der Waals surface area contributed by atoms with Crippen LogP contribution >= 0.6 is 15.9 Å². The largest absolute Gasteiger partial charge is 0.462 e. The number of aromatic nitrogens is 2. The van der Waals surface area contributed by atoms with Crippen molar-refractivity contribution < 1.29 is 9.53 Å². The molecule has 1 aromatic heterocycles. The van der Waals surface area contributed by atoms with E-state index in [9.17, 15) is 9.59 Å². The number of rotatable bonds is 4. The molecule has 0 aliphatic carbocycles. The zero-order valence-electron chi connectivity index (χ0n) is 14.0. The molecule has 0 saturated heterocycles. The summed E-state index contributed by atoms with van der Waals surface area (Å²) < 4.78 is 7.48. The highest BCUT2D eigenvalue weighted by atomic mass is 79.9. The number of ether oxygens (including phenoxy) is 1. The monoisotopic (exact) mass is 400 g/mol. The van der Waals surface area contributed by atoms with E-state index in [-0.39, 0.29) is 5.56 Å². The highest BCUT2D eigenvalue weighted by Crippen LogP contribution is 2.18. The van der Waals surface area contributed by atoms with Gasteiger partial charge in [-0.2, -0.15) is 0 Å². The second kappa shape index (κ2) is 7.19. The number of halogens is 1. The Balaban J connectivity index is 2.13. The van der Waals surface area contributed by atoms with Crippen LogP contribution in [0.5, 0.6) is 0 Å². The van der Waals surface area contributed by atoms with Crippen LogP contribution in [0.3, 0.4) is 0 Å². The topological polar surface area (TPSA) is 61.2 Å². The molecule has 1 heterocycles. The van der Waals surface area contributed by atoms with E-state index in [2.05, 4.69) is 20.9 Å². The molecule has 0 radical (unpaired) electrons. The van der Waals surface area contributed by atoms with Crippen LogP contribution in [-0.4, -0.2) is 22.1 Å². The minimum atomic E-state index is -0.397. The maximum absolute atomic E-state index is 12.9. The van der Waals surface area contributed by atoms with Crippen LogP contribution in [0.1, 0.15) is 29.5 Å². The van der Waals surface area contributed by atoms with E-state index in [0.29, 0.717) is 34.6 Å². The molecular formula is C19H17BrN2O3. The predicted octanol–water partition coefficient (Wildman–Crippen LogP) is 4.02. The van der Waals surface area contributed by atoms with E-state index < -0.39 is 5.97 Å². The normalized spacial score (nSPS) is 10.8. The summed E-state index contributed by atoms with van der Waals surface area (Å²) in [6.45, 7) is 4.07. The van der Waals surface area contributed by atoms with Gasteiger partial charge in [-0.3, -0.25) is 9.36 Å². The third-order valence-corrected chi connectivity index (χ3v) is 4.27. The molecule has 0 unspecified atom stereocenters. The van der Waals surface area contributed by atoms with Gasteiger partial charge >= 0.3 is 5.97 Å². The van der Waals surface area contributed by atoms with Crippen LogP contribution in [0, 0.1) is 6.92 Å². The number of hydrogen-bond acceptors (Lipinski definition) is 4. The van der Waals surface area contributed by atoms with Crippen molar-refractivity contribution in [1.29, 1.82) is 0 Å². The fourth-order valence-electron chi connectivity index (χ4n) is 2.62. The number of carbonyl (C=O) groups excluding carboxylic acids is 1. The van der Waals surface area contributed by atoms with Crippen molar-refractivity contribution in [1.82, 2.24) is 9.55 Å². The summed E-state index contributed by atoms with van der Waals surface area (Å²) in [4.78, 5) is 29.5. The van der Waals surface area contributed by atoms with Gasteiger partial charge in [-0.1, -0.05) is 28.9 Å². The summed E-state index contributed by atoms with van der Waals surface area (Å²) >= 11 is 3.38. The zero-order chi connectivity index (χ0) is 18.0. The summed E-state index contributed by atoms with van der Waals surface area (Å²) in [5.41, 5.74) is 1.46. The Morgan fingerprint density at radius 2 is 2.04 bits per heavy atom. The van der Waals surface area contributed by atoms with Gasteiger partial charge in [0.1, 0.15) is 5.82 Å². The Morgan fingerprint density at radius 1 is 1.24 bits per heavy atom. The van der Waals surface area contributed by atoms with Crippen LogP contribution in [0.2, 0.25) is 0 Å². The van der Waals surface area contributed by atoms with Crippen molar-refractivity contribution in [3.05, 3.63) is 68.7 Å². The molecule has 0 N–H and O–H groups in total. The maximum Gasteiger partial charge on any atom is 0.338 e. The highest BCUT2D eigenvalue weighted by molar-refractivity contribution is 9.10. The summed E-state index contributed by atoms with van der Waals surface area (Å²) in [5, 5.41) is 0.513. The second-order valence-electron chi connectivity index (χ2n) is 5.65. The molecule has 0 aliphatic heterocycles. The molecule has 0 aliphatic rings. The summed E-state index contributed by atoms with van der Waals surface area (Å²) in [7, 11) is 0. The Bertz CT molecular complexity index is 1010. The van der Waals surface area contributed by atoms with E-state index in [1.807, 2.05) is 13.0 Å². The molecule has 3 rings (SSSR count). The van der Waals surface area contributed by atoms with Crippen molar-refractivity contribution in [2.75, 3.05) is 6.61 Å². The molecule has 25 heavy (non-hydrogen) atoms. The quantitative estimate of drug-likeness (QED) is 0.620. The standard InChI is InChI=1S/C19H17BrN2O3/c1-3-9-25-19(24)13-5-4-6-15(10-13)22-12(2)21-17-8-7-14(20)11-16(17)18(22)23/h4-8,10-11H,3,9H2,1-2H3. The van der Waals surface area contributed by atoms with Crippen LogP contribution in [-0.2, 0) is 4.74 Å². The molecule has 0 amide bonds. The van der Waals surface area contributed by atoms with E-state index in [4.69, 9.17) is 4.74 Å². The molecule has 0 fully saturated rings. The molecule has 0 atom stereocenters. The first-order chi connectivity index (χ1) is 12.0. The second-order valence-corrected chi connectivity index (χ2v) is 6.56. The Morgan fingerprint density at radius 3 is 2.80 bits per heavy atom. The number of fused-ring (bicyclic) bond motifs is 1. The van der Waals surface area contributed by atoms with E-state index >= 15 is 0 Å². The fraction of sp³-hybridized carbons (Fsp3) is 0.211. The lowest BCUT2D eigenvalue weighted by molar-refractivity contribution is 0.0505. The molecular weight excluding hydrogens is 384 g/mol. The average Bonchev–Trinajstić information content (AvgIpc) is 2.61. The summed E-state index contributed by atoms with van der Waals surface area (Å²) in [5.74, 6) is 0.157. The smallest absolute Gasteiger partial charge is 0.338 e. The van der Waals surface area contributed by atoms with Crippen LogP contribution < -0.4 is 5.56 Å². The van der Waals surface area contributed by atoms with Crippen molar-refractivity contribution in [2.24, 2.45) is 0 Å². The van der Waals surface area contributed by atoms with Gasteiger partial charge in [0.05, 0.1) is 28.8 Å². The number of esters is 1. The minimum Gasteiger partial charge on any atom is -0.462 e. The van der Waals surface area contributed by atoms with Crippen molar-refractivity contribution in [3.8, 4) is 5.69 Å². The molecule has 2 aromatic carbocycles. The van der Waals surface area contributed by atoms with Crippen LogP contribution in [0.25, 0.3) is 16.6 Å².